The molecule has 0 aromatic carbocycles. The molecular weight excluding hydrogens is 248 g/mol. The van der Waals surface area contributed by atoms with Crippen LogP contribution in [0.5, 0.6) is 0 Å². The van der Waals surface area contributed by atoms with Crippen LogP contribution in [-0.4, -0.2) is 25.9 Å². The summed E-state index contributed by atoms with van der Waals surface area (Å²) in [6.45, 7) is 10.3. The zero-order valence-corrected chi connectivity index (χ0v) is 12.5. The summed E-state index contributed by atoms with van der Waals surface area (Å²) >= 11 is 1.30. The van der Waals surface area contributed by atoms with Crippen molar-refractivity contribution in [3.05, 3.63) is 10.6 Å². The van der Waals surface area contributed by atoms with E-state index in [4.69, 9.17) is 4.74 Å². The van der Waals surface area contributed by atoms with Crippen LogP contribution in [0.25, 0.3) is 0 Å². The van der Waals surface area contributed by atoms with Crippen molar-refractivity contribution >= 4 is 11.5 Å². The predicted molar refractivity (Wildman–Crippen MR) is 71.6 cm³/mol. The summed E-state index contributed by atoms with van der Waals surface area (Å²) in [6.07, 6.45) is 1.12. The van der Waals surface area contributed by atoms with Crippen molar-refractivity contribution in [2.24, 2.45) is 5.92 Å². The molecule has 0 aliphatic carbocycles. The first-order chi connectivity index (χ1) is 8.27. The lowest BCUT2D eigenvalue weighted by Gasteiger charge is -2.29. The molecule has 2 unspecified atom stereocenters. The molecule has 1 aromatic rings. The molecule has 1 aliphatic rings. The molecule has 0 amide bonds. The average molecular weight is 270 g/mol. The Labute approximate surface area is 113 Å². The highest BCUT2D eigenvalue weighted by atomic mass is 32.1. The van der Waals surface area contributed by atoms with Crippen LogP contribution >= 0.6 is 11.5 Å². The molecule has 18 heavy (non-hydrogen) atoms. The fourth-order valence-electron chi connectivity index (χ4n) is 2.96. The molecule has 1 fully saturated rings. The van der Waals surface area contributed by atoms with E-state index in [-0.39, 0.29) is 17.1 Å². The van der Waals surface area contributed by atoms with E-state index >= 15 is 0 Å². The zero-order chi connectivity index (χ0) is 13.6. The van der Waals surface area contributed by atoms with Gasteiger partial charge in [-0.3, -0.25) is 0 Å². The molecule has 1 saturated heterocycles. The van der Waals surface area contributed by atoms with E-state index in [1.165, 1.54) is 11.5 Å². The van der Waals surface area contributed by atoms with E-state index in [2.05, 4.69) is 37.3 Å². The van der Waals surface area contributed by atoms with Crippen LogP contribution < -0.4 is 0 Å². The summed E-state index contributed by atoms with van der Waals surface area (Å²) in [6, 6.07) is 0. The molecule has 0 bridgehead atoms. The Bertz CT molecular complexity index is 428. The summed E-state index contributed by atoms with van der Waals surface area (Å²) in [5.41, 5.74) is 0.408. The smallest absolute Gasteiger partial charge is 0.0973 e. The minimum atomic E-state index is -0.531. The highest BCUT2D eigenvalue weighted by molar-refractivity contribution is 7.05. The number of aliphatic hydroxyl groups excluding tert-OH is 1. The van der Waals surface area contributed by atoms with Crippen LogP contribution in [0.15, 0.2) is 0 Å². The van der Waals surface area contributed by atoms with Crippen LogP contribution in [0.4, 0.5) is 0 Å². The second-order valence-electron chi connectivity index (χ2n) is 6.16. The first-order valence-corrected chi connectivity index (χ1v) is 7.23. The number of nitrogens with zero attached hydrogens (tertiary/aromatic N) is 2. The van der Waals surface area contributed by atoms with Crippen LogP contribution in [0.3, 0.4) is 0 Å². The van der Waals surface area contributed by atoms with Gasteiger partial charge in [-0.15, -0.1) is 5.10 Å². The number of ether oxygens (including phenoxy) is 1. The van der Waals surface area contributed by atoms with Gasteiger partial charge in [0.25, 0.3) is 0 Å². The summed E-state index contributed by atoms with van der Waals surface area (Å²) in [5.74, 6) is 0.0834. The van der Waals surface area contributed by atoms with E-state index in [1.807, 2.05) is 6.92 Å². The van der Waals surface area contributed by atoms with Gasteiger partial charge in [-0.1, -0.05) is 11.4 Å². The third-order valence-corrected chi connectivity index (χ3v) is 4.55. The van der Waals surface area contributed by atoms with Gasteiger partial charge in [0.2, 0.25) is 0 Å². The maximum atomic E-state index is 10.6. The lowest BCUT2D eigenvalue weighted by atomic mass is 9.82. The van der Waals surface area contributed by atoms with Crippen molar-refractivity contribution in [3.63, 3.8) is 0 Å². The van der Waals surface area contributed by atoms with Gasteiger partial charge in [-0.2, -0.15) is 0 Å². The molecule has 0 spiro atoms. The van der Waals surface area contributed by atoms with Crippen molar-refractivity contribution in [1.82, 2.24) is 9.59 Å². The largest absolute Gasteiger partial charge is 0.387 e. The van der Waals surface area contributed by atoms with E-state index in [9.17, 15) is 5.11 Å². The summed E-state index contributed by atoms with van der Waals surface area (Å²) in [4.78, 5) is 0.900. The molecule has 102 valence electrons. The van der Waals surface area contributed by atoms with Crippen molar-refractivity contribution in [2.45, 2.75) is 64.8 Å². The number of hydrogen-bond donors (Lipinski definition) is 1. The van der Waals surface area contributed by atoms with Gasteiger partial charge in [0.05, 0.1) is 27.9 Å². The van der Waals surface area contributed by atoms with Gasteiger partial charge in [-0.05, 0) is 52.1 Å². The summed E-state index contributed by atoms with van der Waals surface area (Å²) in [5, 5.41) is 14.7. The van der Waals surface area contributed by atoms with Crippen molar-refractivity contribution < 1.29 is 9.84 Å². The van der Waals surface area contributed by atoms with E-state index in [0.29, 0.717) is 0 Å². The minimum Gasteiger partial charge on any atom is -0.387 e. The summed E-state index contributed by atoms with van der Waals surface area (Å²) < 4.78 is 10.0. The predicted octanol–water partition coefficient (Wildman–Crippen LogP) is 2.73. The Hall–Kier alpha value is -0.520. The number of aryl methyl sites for hydroxylation is 1. The first-order valence-electron chi connectivity index (χ1n) is 6.46. The standard InChI is InChI=1S/C13H22N2O2S/c1-6-9-11(18-15-14-9)10(16)8-7-12(2,3)17-13(8,4)5/h8,10,16H,6-7H2,1-5H3. The first kappa shape index (κ1) is 13.9. The molecule has 4 nitrogen and oxygen atoms in total. The Kier molecular flexibility index (Phi) is 3.51. The molecule has 0 radical (unpaired) electrons. The Morgan fingerprint density at radius 2 is 2.11 bits per heavy atom. The van der Waals surface area contributed by atoms with Crippen LogP contribution in [0, 0.1) is 5.92 Å². The quantitative estimate of drug-likeness (QED) is 0.917. The fraction of sp³-hybridized carbons (Fsp3) is 0.846. The van der Waals surface area contributed by atoms with Crippen LogP contribution in [0.1, 0.15) is 57.7 Å². The topological polar surface area (TPSA) is 55.2 Å². The van der Waals surface area contributed by atoms with Crippen molar-refractivity contribution in [3.8, 4) is 0 Å². The third-order valence-electron chi connectivity index (χ3n) is 3.71. The lowest BCUT2D eigenvalue weighted by molar-refractivity contribution is -0.0877. The van der Waals surface area contributed by atoms with Gasteiger partial charge in [0.1, 0.15) is 0 Å². The summed E-state index contributed by atoms with van der Waals surface area (Å²) in [7, 11) is 0. The second kappa shape index (κ2) is 4.54. The Morgan fingerprint density at radius 1 is 1.44 bits per heavy atom. The Balaban J connectivity index is 2.27. The van der Waals surface area contributed by atoms with Gasteiger partial charge in [-0.25, -0.2) is 0 Å². The highest BCUT2D eigenvalue weighted by Gasteiger charge is 2.49. The monoisotopic (exact) mass is 270 g/mol. The number of hydrogen-bond acceptors (Lipinski definition) is 5. The molecule has 1 aliphatic heterocycles. The number of aromatic nitrogens is 2. The van der Waals surface area contributed by atoms with Gasteiger partial charge >= 0.3 is 0 Å². The van der Waals surface area contributed by atoms with Gasteiger partial charge in [0.15, 0.2) is 0 Å². The van der Waals surface area contributed by atoms with Crippen molar-refractivity contribution in [2.75, 3.05) is 0 Å². The van der Waals surface area contributed by atoms with E-state index < -0.39 is 6.10 Å². The molecule has 2 heterocycles. The maximum Gasteiger partial charge on any atom is 0.0973 e. The van der Waals surface area contributed by atoms with E-state index in [0.717, 1.165) is 23.4 Å². The molecule has 1 N–H and O–H groups in total. The fourth-order valence-corrected chi connectivity index (χ4v) is 3.75. The molecule has 5 heteroatoms. The molecule has 0 saturated carbocycles. The molecular formula is C13H22N2O2S. The highest BCUT2D eigenvalue weighted by Crippen LogP contribution is 2.48. The van der Waals surface area contributed by atoms with Crippen LogP contribution in [0.2, 0.25) is 0 Å². The molecule has 1 aromatic heterocycles. The lowest BCUT2D eigenvalue weighted by Crippen LogP contribution is -2.32. The zero-order valence-electron chi connectivity index (χ0n) is 11.7. The molecule has 2 atom stereocenters. The molecule has 2 rings (SSSR count). The van der Waals surface area contributed by atoms with Gasteiger partial charge in [0, 0.05) is 5.92 Å². The number of aliphatic hydroxyl groups is 1. The second-order valence-corrected chi connectivity index (χ2v) is 6.94. The maximum absolute atomic E-state index is 10.6. The van der Waals surface area contributed by atoms with Crippen molar-refractivity contribution in [1.29, 1.82) is 0 Å². The Morgan fingerprint density at radius 3 is 2.61 bits per heavy atom. The minimum absolute atomic E-state index is 0.0834. The van der Waals surface area contributed by atoms with Crippen LogP contribution in [-0.2, 0) is 11.2 Å². The SMILES string of the molecule is CCc1nnsc1C(O)C1CC(C)(C)OC1(C)C. The number of rotatable bonds is 3. The van der Waals surface area contributed by atoms with Gasteiger partial charge < -0.3 is 9.84 Å². The van der Waals surface area contributed by atoms with E-state index in [1.54, 1.807) is 0 Å². The average Bonchev–Trinajstić information content (AvgIpc) is 2.78. The normalized spacial score (nSPS) is 27.3. The third kappa shape index (κ3) is 2.44.